The number of benzene rings is 1. The molecule has 152 valence electrons. The van der Waals surface area contributed by atoms with Crippen LogP contribution in [0.15, 0.2) is 24.3 Å². The van der Waals surface area contributed by atoms with Crippen molar-refractivity contribution in [3.8, 4) is 0 Å². The molecule has 1 saturated carbocycles. The Morgan fingerprint density at radius 3 is 2.29 bits per heavy atom. The van der Waals surface area contributed by atoms with Gasteiger partial charge in [0.25, 0.3) is 0 Å². The molecule has 7 heteroatoms. The van der Waals surface area contributed by atoms with E-state index in [0.717, 1.165) is 26.2 Å². The van der Waals surface area contributed by atoms with Gasteiger partial charge in [-0.05, 0) is 37.1 Å². The normalized spacial score (nSPS) is 22.2. The summed E-state index contributed by atoms with van der Waals surface area (Å²) in [6.07, 6.45) is 6.58. The van der Waals surface area contributed by atoms with Gasteiger partial charge in [-0.25, -0.2) is 9.18 Å². The summed E-state index contributed by atoms with van der Waals surface area (Å²) in [5, 5.41) is 0. The zero-order valence-electron chi connectivity index (χ0n) is 16.4. The average Bonchev–Trinajstić information content (AvgIpc) is 3.09. The molecule has 0 N–H and O–H groups in total. The van der Waals surface area contributed by atoms with E-state index in [2.05, 4.69) is 4.90 Å². The van der Waals surface area contributed by atoms with Crippen molar-refractivity contribution in [1.82, 2.24) is 14.7 Å². The Labute approximate surface area is 165 Å². The lowest BCUT2D eigenvalue weighted by atomic mass is 9.94. The van der Waals surface area contributed by atoms with Crippen LogP contribution >= 0.6 is 0 Å². The zero-order valence-corrected chi connectivity index (χ0v) is 16.4. The molecule has 0 unspecified atom stereocenters. The number of urea groups is 1. The van der Waals surface area contributed by atoms with Gasteiger partial charge >= 0.3 is 6.03 Å². The molecular formula is C21H29FN4O2. The fourth-order valence-electron chi connectivity index (χ4n) is 4.64. The Morgan fingerprint density at radius 1 is 0.929 bits per heavy atom. The molecule has 0 spiro atoms. The molecule has 3 aliphatic rings. The summed E-state index contributed by atoms with van der Waals surface area (Å²) in [4.78, 5) is 33.0. The predicted molar refractivity (Wildman–Crippen MR) is 106 cm³/mol. The second-order valence-corrected chi connectivity index (χ2v) is 8.04. The fourth-order valence-corrected chi connectivity index (χ4v) is 4.64. The molecule has 3 amide bonds. The summed E-state index contributed by atoms with van der Waals surface area (Å²) in [6.45, 7) is 4.54. The van der Waals surface area contributed by atoms with Gasteiger partial charge in [-0.15, -0.1) is 0 Å². The monoisotopic (exact) mass is 388 g/mol. The molecule has 1 aliphatic carbocycles. The second kappa shape index (κ2) is 8.47. The molecule has 0 aromatic heterocycles. The van der Waals surface area contributed by atoms with Gasteiger partial charge in [0.15, 0.2) is 0 Å². The molecule has 0 radical (unpaired) electrons. The molecule has 6 nitrogen and oxygen atoms in total. The second-order valence-electron chi connectivity index (χ2n) is 8.04. The van der Waals surface area contributed by atoms with Gasteiger partial charge < -0.3 is 9.80 Å². The number of halogens is 1. The van der Waals surface area contributed by atoms with Crippen molar-refractivity contribution in [3.05, 3.63) is 30.1 Å². The summed E-state index contributed by atoms with van der Waals surface area (Å²) < 4.78 is 13.1. The minimum Gasteiger partial charge on any atom is -0.339 e. The van der Waals surface area contributed by atoms with Gasteiger partial charge in [0, 0.05) is 51.0 Å². The number of nitrogens with zero attached hydrogens (tertiary/aromatic N) is 4. The van der Waals surface area contributed by atoms with Crippen LogP contribution in [-0.4, -0.2) is 78.5 Å². The Hall–Kier alpha value is -2.15. The van der Waals surface area contributed by atoms with Crippen LogP contribution in [0.3, 0.4) is 0 Å². The van der Waals surface area contributed by atoms with Gasteiger partial charge in [-0.1, -0.05) is 19.3 Å². The van der Waals surface area contributed by atoms with Crippen LogP contribution in [-0.2, 0) is 4.79 Å². The molecule has 1 aromatic rings. The van der Waals surface area contributed by atoms with Crippen molar-refractivity contribution in [2.24, 2.45) is 0 Å². The molecule has 2 aliphatic heterocycles. The number of amides is 3. The standard InChI is InChI=1S/C21H29FN4O2/c22-17-6-8-19(9-7-17)26-15-14-25(21(26)28)16-20(27)24-12-10-23(11-13-24)18-4-2-1-3-5-18/h6-9,18H,1-5,10-16H2. The minimum absolute atomic E-state index is 0.0256. The van der Waals surface area contributed by atoms with E-state index >= 15 is 0 Å². The van der Waals surface area contributed by atoms with Crippen LogP contribution < -0.4 is 4.90 Å². The van der Waals surface area contributed by atoms with Crippen molar-refractivity contribution in [1.29, 1.82) is 0 Å². The van der Waals surface area contributed by atoms with Gasteiger partial charge in [0.05, 0.1) is 0 Å². The molecule has 3 fully saturated rings. The van der Waals surface area contributed by atoms with Crippen molar-refractivity contribution in [3.63, 3.8) is 0 Å². The van der Waals surface area contributed by atoms with Crippen molar-refractivity contribution >= 4 is 17.6 Å². The van der Waals surface area contributed by atoms with Crippen LogP contribution in [0.5, 0.6) is 0 Å². The van der Waals surface area contributed by atoms with Crippen LogP contribution in [0, 0.1) is 5.82 Å². The summed E-state index contributed by atoms with van der Waals surface area (Å²) in [6, 6.07) is 6.41. The van der Waals surface area contributed by atoms with E-state index in [1.165, 1.54) is 44.2 Å². The summed E-state index contributed by atoms with van der Waals surface area (Å²) in [5.41, 5.74) is 0.669. The topological polar surface area (TPSA) is 47.1 Å². The van der Waals surface area contributed by atoms with Gasteiger partial charge in [-0.2, -0.15) is 0 Å². The highest BCUT2D eigenvalue weighted by Crippen LogP contribution is 2.24. The van der Waals surface area contributed by atoms with E-state index in [-0.39, 0.29) is 24.3 Å². The van der Waals surface area contributed by atoms with Gasteiger partial charge in [0.2, 0.25) is 5.91 Å². The smallest absolute Gasteiger partial charge is 0.325 e. The van der Waals surface area contributed by atoms with E-state index in [0.29, 0.717) is 24.8 Å². The summed E-state index contributed by atoms with van der Waals surface area (Å²) in [5.74, 6) is -0.299. The number of rotatable bonds is 4. The highest BCUT2D eigenvalue weighted by atomic mass is 19.1. The van der Waals surface area contributed by atoms with Crippen LogP contribution in [0.25, 0.3) is 0 Å². The van der Waals surface area contributed by atoms with E-state index in [9.17, 15) is 14.0 Å². The van der Waals surface area contributed by atoms with Crippen molar-refractivity contribution in [2.75, 3.05) is 50.7 Å². The van der Waals surface area contributed by atoms with Crippen LogP contribution in [0.4, 0.5) is 14.9 Å². The third kappa shape index (κ3) is 4.14. The van der Waals surface area contributed by atoms with E-state index in [4.69, 9.17) is 0 Å². The maximum Gasteiger partial charge on any atom is 0.325 e. The molecule has 0 atom stereocenters. The van der Waals surface area contributed by atoms with E-state index in [1.807, 2.05) is 4.90 Å². The summed E-state index contributed by atoms with van der Waals surface area (Å²) >= 11 is 0. The molecule has 1 aromatic carbocycles. The van der Waals surface area contributed by atoms with E-state index in [1.54, 1.807) is 21.9 Å². The number of carbonyl (C=O) groups excluding carboxylic acids is 2. The largest absolute Gasteiger partial charge is 0.339 e. The first kappa shape index (κ1) is 19.2. The van der Waals surface area contributed by atoms with Crippen LogP contribution in [0.2, 0.25) is 0 Å². The Morgan fingerprint density at radius 2 is 1.61 bits per heavy atom. The third-order valence-corrected chi connectivity index (χ3v) is 6.32. The maximum absolute atomic E-state index is 13.1. The molecule has 4 rings (SSSR count). The Balaban J connectivity index is 1.27. The first-order chi connectivity index (χ1) is 13.6. The number of hydrogen-bond donors (Lipinski definition) is 0. The molecular weight excluding hydrogens is 359 g/mol. The SMILES string of the molecule is O=C(CN1CCN(c2ccc(F)cc2)C1=O)N1CCN(C2CCCCC2)CC1. The van der Waals surface area contributed by atoms with Gasteiger partial charge in [-0.3, -0.25) is 14.6 Å². The third-order valence-electron chi connectivity index (χ3n) is 6.32. The molecule has 2 heterocycles. The van der Waals surface area contributed by atoms with Crippen LogP contribution in [0.1, 0.15) is 32.1 Å². The lowest BCUT2D eigenvalue weighted by Crippen LogP contribution is -2.54. The van der Waals surface area contributed by atoms with E-state index < -0.39 is 0 Å². The summed E-state index contributed by atoms with van der Waals surface area (Å²) in [7, 11) is 0. The molecule has 28 heavy (non-hydrogen) atoms. The molecule has 0 bridgehead atoms. The quantitative estimate of drug-likeness (QED) is 0.796. The lowest BCUT2D eigenvalue weighted by Gasteiger charge is -2.41. The number of piperazine rings is 1. The number of carbonyl (C=O) groups is 2. The number of hydrogen-bond acceptors (Lipinski definition) is 3. The van der Waals surface area contributed by atoms with Crippen molar-refractivity contribution < 1.29 is 14.0 Å². The van der Waals surface area contributed by atoms with Crippen molar-refractivity contribution in [2.45, 2.75) is 38.1 Å². The highest BCUT2D eigenvalue weighted by molar-refractivity contribution is 5.96. The minimum atomic E-state index is -0.324. The fraction of sp³-hybridized carbons (Fsp3) is 0.619. The van der Waals surface area contributed by atoms with Gasteiger partial charge in [0.1, 0.15) is 12.4 Å². The first-order valence-electron chi connectivity index (χ1n) is 10.5. The molecule has 2 saturated heterocycles. The zero-order chi connectivity index (χ0) is 19.5. The Kier molecular flexibility index (Phi) is 5.80. The average molecular weight is 388 g/mol. The predicted octanol–water partition coefficient (Wildman–Crippen LogP) is 2.54. The maximum atomic E-state index is 13.1. The lowest BCUT2D eigenvalue weighted by molar-refractivity contribution is -0.133. The Bertz CT molecular complexity index is 697. The number of anilines is 1. The first-order valence-corrected chi connectivity index (χ1v) is 10.5. The highest BCUT2D eigenvalue weighted by Gasteiger charge is 2.33.